The van der Waals surface area contributed by atoms with E-state index in [1.807, 2.05) is 0 Å². The van der Waals surface area contributed by atoms with Crippen LogP contribution < -0.4 is 5.32 Å². The molecule has 1 fully saturated rings. The van der Waals surface area contributed by atoms with E-state index in [1.54, 1.807) is 7.11 Å². The van der Waals surface area contributed by atoms with E-state index in [2.05, 4.69) is 30.9 Å². The van der Waals surface area contributed by atoms with Crippen LogP contribution in [0.25, 0.3) is 0 Å². The fourth-order valence-electron chi connectivity index (χ4n) is 1.92. The Morgan fingerprint density at radius 1 is 1.40 bits per heavy atom. The third-order valence-corrected chi connectivity index (χ3v) is 4.35. The van der Waals surface area contributed by atoms with Crippen molar-refractivity contribution in [1.29, 1.82) is 0 Å². The number of nitrogens with one attached hydrogen (secondary N) is 1. The molecule has 0 aromatic heterocycles. The molecule has 0 saturated carbocycles. The quantitative estimate of drug-likeness (QED) is 0.710. The Balaban J connectivity index is 2.13. The minimum Gasteiger partial charge on any atom is -0.385 e. The van der Waals surface area contributed by atoms with Crippen LogP contribution in [0.3, 0.4) is 0 Å². The largest absolute Gasteiger partial charge is 0.385 e. The SMILES string of the molecule is COCCCCNC1CSCCC1(C)C. The Bertz CT molecular complexity index is 173. The molecule has 15 heavy (non-hydrogen) atoms. The van der Waals surface area contributed by atoms with Gasteiger partial charge < -0.3 is 10.1 Å². The molecule has 0 aromatic carbocycles. The maximum atomic E-state index is 5.04. The molecule has 1 atom stereocenters. The maximum Gasteiger partial charge on any atom is 0.0462 e. The first kappa shape index (κ1) is 13.3. The van der Waals surface area contributed by atoms with Crippen molar-refractivity contribution >= 4 is 11.8 Å². The fourth-order valence-corrected chi connectivity index (χ4v) is 3.56. The van der Waals surface area contributed by atoms with Gasteiger partial charge in [0.25, 0.3) is 0 Å². The minimum atomic E-state index is 0.479. The zero-order valence-corrected chi connectivity index (χ0v) is 11.2. The molecule has 1 aliphatic rings. The molecule has 1 saturated heterocycles. The van der Waals surface area contributed by atoms with Gasteiger partial charge in [0.1, 0.15) is 0 Å². The zero-order valence-electron chi connectivity index (χ0n) is 10.3. The first-order chi connectivity index (χ1) is 7.17. The maximum absolute atomic E-state index is 5.04. The number of hydrogen-bond donors (Lipinski definition) is 1. The Labute approximate surface area is 98.5 Å². The van der Waals surface area contributed by atoms with Crippen LogP contribution in [0.4, 0.5) is 0 Å². The molecular formula is C12H25NOS. The minimum absolute atomic E-state index is 0.479. The van der Waals surface area contributed by atoms with Gasteiger partial charge in [-0.1, -0.05) is 13.8 Å². The Kier molecular flexibility index (Phi) is 6.02. The summed E-state index contributed by atoms with van der Waals surface area (Å²) in [5, 5.41) is 3.69. The van der Waals surface area contributed by atoms with Crippen molar-refractivity contribution in [2.45, 2.75) is 39.2 Å². The molecule has 0 spiro atoms. The van der Waals surface area contributed by atoms with Crippen molar-refractivity contribution in [2.24, 2.45) is 5.41 Å². The van der Waals surface area contributed by atoms with E-state index in [9.17, 15) is 0 Å². The summed E-state index contributed by atoms with van der Waals surface area (Å²) in [5.41, 5.74) is 0.479. The molecule has 1 heterocycles. The molecule has 1 aliphatic heterocycles. The lowest BCUT2D eigenvalue weighted by atomic mass is 9.82. The molecule has 0 aliphatic carbocycles. The smallest absolute Gasteiger partial charge is 0.0462 e. The lowest BCUT2D eigenvalue weighted by Gasteiger charge is -2.39. The van der Waals surface area contributed by atoms with Crippen molar-refractivity contribution in [1.82, 2.24) is 5.32 Å². The summed E-state index contributed by atoms with van der Waals surface area (Å²) >= 11 is 2.09. The van der Waals surface area contributed by atoms with Crippen LogP contribution in [0.5, 0.6) is 0 Å². The Morgan fingerprint density at radius 3 is 2.87 bits per heavy atom. The molecule has 0 radical (unpaired) electrons. The number of methoxy groups -OCH3 is 1. The summed E-state index contributed by atoms with van der Waals surface area (Å²) < 4.78 is 5.04. The number of thioether (sulfide) groups is 1. The van der Waals surface area contributed by atoms with Crippen LogP contribution >= 0.6 is 11.8 Å². The third kappa shape index (κ3) is 4.75. The van der Waals surface area contributed by atoms with Crippen LogP contribution in [0, 0.1) is 5.41 Å². The van der Waals surface area contributed by atoms with E-state index < -0.39 is 0 Å². The van der Waals surface area contributed by atoms with E-state index in [0.717, 1.165) is 13.2 Å². The van der Waals surface area contributed by atoms with Crippen LogP contribution in [0.1, 0.15) is 33.1 Å². The van der Waals surface area contributed by atoms with E-state index in [-0.39, 0.29) is 0 Å². The zero-order chi connectivity index (χ0) is 11.1. The van der Waals surface area contributed by atoms with Gasteiger partial charge >= 0.3 is 0 Å². The normalized spacial score (nSPS) is 25.4. The molecule has 2 nitrogen and oxygen atoms in total. The molecule has 90 valence electrons. The van der Waals surface area contributed by atoms with Gasteiger partial charge in [-0.2, -0.15) is 11.8 Å². The van der Waals surface area contributed by atoms with Gasteiger partial charge in [-0.15, -0.1) is 0 Å². The van der Waals surface area contributed by atoms with Crippen molar-refractivity contribution in [3.8, 4) is 0 Å². The first-order valence-electron chi connectivity index (χ1n) is 5.97. The van der Waals surface area contributed by atoms with Crippen molar-refractivity contribution in [3.63, 3.8) is 0 Å². The van der Waals surface area contributed by atoms with Gasteiger partial charge in [-0.25, -0.2) is 0 Å². The van der Waals surface area contributed by atoms with Crippen molar-refractivity contribution in [2.75, 3.05) is 31.8 Å². The van der Waals surface area contributed by atoms with Gasteiger partial charge in [-0.3, -0.25) is 0 Å². The second kappa shape index (κ2) is 6.77. The van der Waals surface area contributed by atoms with E-state index >= 15 is 0 Å². The molecule has 1 unspecified atom stereocenters. The van der Waals surface area contributed by atoms with Crippen molar-refractivity contribution < 1.29 is 4.74 Å². The van der Waals surface area contributed by atoms with Gasteiger partial charge in [0.15, 0.2) is 0 Å². The van der Waals surface area contributed by atoms with Gasteiger partial charge in [0.05, 0.1) is 0 Å². The lowest BCUT2D eigenvalue weighted by Crippen LogP contribution is -2.46. The second-order valence-electron chi connectivity index (χ2n) is 5.02. The van der Waals surface area contributed by atoms with Crippen LogP contribution in [0.15, 0.2) is 0 Å². The average molecular weight is 231 g/mol. The van der Waals surface area contributed by atoms with Crippen LogP contribution in [-0.4, -0.2) is 37.8 Å². The Hall–Kier alpha value is 0.270. The highest BCUT2D eigenvalue weighted by Crippen LogP contribution is 2.33. The van der Waals surface area contributed by atoms with Gasteiger partial charge in [0, 0.05) is 25.5 Å². The molecule has 0 bridgehead atoms. The Morgan fingerprint density at radius 2 is 2.20 bits per heavy atom. The topological polar surface area (TPSA) is 21.3 Å². The monoisotopic (exact) mass is 231 g/mol. The average Bonchev–Trinajstić information content (AvgIpc) is 2.19. The summed E-state index contributed by atoms with van der Waals surface area (Å²) in [6.07, 6.45) is 3.74. The summed E-state index contributed by atoms with van der Waals surface area (Å²) in [6, 6.07) is 0.693. The molecule has 1 rings (SSSR count). The first-order valence-corrected chi connectivity index (χ1v) is 7.12. The molecule has 0 amide bonds. The van der Waals surface area contributed by atoms with Gasteiger partial charge in [-0.05, 0) is 37.0 Å². The molecule has 3 heteroatoms. The molecule has 1 N–H and O–H groups in total. The lowest BCUT2D eigenvalue weighted by molar-refractivity contribution is 0.190. The summed E-state index contributed by atoms with van der Waals surface area (Å²) in [7, 11) is 1.77. The predicted octanol–water partition coefficient (Wildman–Crippen LogP) is 2.53. The number of hydrogen-bond acceptors (Lipinski definition) is 3. The number of unbranched alkanes of at least 4 members (excludes halogenated alkanes) is 1. The number of rotatable bonds is 6. The predicted molar refractivity (Wildman–Crippen MR) is 68.6 cm³/mol. The highest BCUT2D eigenvalue weighted by atomic mass is 32.2. The number of ether oxygens (including phenoxy) is 1. The van der Waals surface area contributed by atoms with Crippen LogP contribution in [-0.2, 0) is 4.74 Å². The van der Waals surface area contributed by atoms with Crippen LogP contribution in [0.2, 0.25) is 0 Å². The highest BCUT2D eigenvalue weighted by Gasteiger charge is 2.31. The van der Waals surface area contributed by atoms with Crippen molar-refractivity contribution in [3.05, 3.63) is 0 Å². The summed E-state index contributed by atoms with van der Waals surface area (Å²) in [5.74, 6) is 2.60. The summed E-state index contributed by atoms with van der Waals surface area (Å²) in [6.45, 7) is 6.81. The highest BCUT2D eigenvalue weighted by molar-refractivity contribution is 7.99. The van der Waals surface area contributed by atoms with E-state index in [4.69, 9.17) is 4.74 Å². The molecular weight excluding hydrogens is 206 g/mol. The summed E-state index contributed by atoms with van der Waals surface area (Å²) in [4.78, 5) is 0. The third-order valence-electron chi connectivity index (χ3n) is 3.28. The van der Waals surface area contributed by atoms with Gasteiger partial charge in [0.2, 0.25) is 0 Å². The van der Waals surface area contributed by atoms with E-state index in [1.165, 1.54) is 30.8 Å². The van der Waals surface area contributed by atoms with E-state index in [0.29, 0.717) is 11.5 Å². The standard InChI is InChI=1S/C12H25NOS/c1-12(2)6-9-15-10-11(12)13-7-4-5-8-14-3/h11,13H,4-10H2,1-3H3. The molecule has 0 aromatic rings. The second-order valence-corrected chi connectivity index (χ2v) is 6.17. The fraction of sp³-hybridized carbons (Fsp3) is 1.00.